The van der Waals surface area contributed by atoms with Crippen LogP contribution < -0.4 is 5.43 Å². The Balaban J connectivity index is 2.48. The molecule has 0 spiro atoms. The summed E-state index contributed by atoms with van der Waals surface area (Å²) in [5.41, 5.74) is -0.148. The van der Waals surface area contributed by atoms with Crippen LogP contribution in [0.3, 0.4) is 0 Å². The smallest absolute Gasteiger partial charge is 0.227 e. The van der Waals surface area contributed by atoms with E-state index < -0.39 is 15.0 Å². The van der Waals surface area contributed by atoms with Crippen molar-refractivity contribution in [3.05, 3.63) is 60.9 Å². The van der Waals surface area contributed by atoms with Crippen LogP contribution in [-0.4, -0.2) is 18.3 Å². The van der Waals surface area contributed by atoms with E-state index in [2.05, 4.69) is 9.97 Å². The number of aromatic nitrogens is 3. The normalized spacial score (nSPS) is 11.0. The Labute approximate surface area is 161 Å². The fraction of sp³-hybridized carbons (Fsp3) is 0. The van der Waals surface area contributed by atoms with E-state index in [1.807, 2.05) is 22.6 Å². The van der Waals surface area contributed by atoms with E-state index in [9.17, 15) is 14.0 Å². The van der Waals surface area contributed by atoms with Gasteiger partial charge in [0, 0.05) is 28.8 Å². The van der Waals surface area contributed by atoms with Gasteiger partial charge in [0.15, 0.2) is 11.5 Å². The van der Waals surface area contributed by atoms with Crippen molar-refractivity contribution in [3.63, 3.8) is 0 Å². The summed E-state index contributed by atoms with van der Waals surface area (Å²) in [5, 5.41) is 0.303. The van der Waals surface area contributed by atoms with Crippen molar-refractivity contribution in [1.29, 1.82) is 0 Å². The maximum Gasteiger partial charge on any atom is 0.227 e. The monoisotopic (exact) mass is 555 g/mol. The zero-order valence-electron chi connectivity index (χ0n) is 11.1. The van der Waals surface area contributed by atoms with E-state index in [1.165, 1.54) is 33.4 Å². The zero-order chi connectivity index (χ0) is 16.7. The van der Waals surface area contributed by atoms with Gasteiger partial charge in [-0.15, -0.1) is 0 Å². The summed E-state index contributed by atoms with van der Waals surface area (Å²) in [6.45, 7) is 0. The molecule has 9 heteroatoms. The molecule has 3 aromatic rings. The SMILES string of the molecule is O=C(I)c1cn(-c2ncc(F)cc2Cl)c2nc(I)ccc2c1=O. The molecule has 0 aliphatic carbocycles. The number of hydrogen-bond donors (Lipinski definition) is 0. The van der Waals surface area contributed by atoms with Crippen molar-refractivity contribution in [1.82, 2.24) is 14.5 Å². The van der Waals surface area contributed by atoms with Gasteiger partial charge in [-0.25, -0.2) is 14.4 Å². The van der Waals surface area contributed by atoms with Gasteiger partial charge < -0.3 is 0 Å². The first-order chi connectivity index (χ1) is 10.9. The fourth-order valence-corrected chi connectivity index (χ4v) is 3.10. The average molecular weight is 555 g/mol. The van der Waals surface area contributed by atoms with Crippen LogP contribution in [0, 0.1) is 9.52 Å². The first kappa shape index (κ1) is 16.7. The summed E-state index contributed by atoms with van der Waals surface area (Å²) in [6, 6.07) is 4.35. The van der Waals surface area contributed by atoms with Crippen LogP contribution in [0.1, 0.15) is 10.4 Å². The molecule has 116 valence electrons. The first-order valence-corrected chi connectivity index (χ1v) is 8.65. The number of hydrogen-bond acceptors (Lipinski definition) is 4. The third-order valence-corrected chi connectivity index (χ3v) is 4.51. The standard InChI is InChI=1S/C14H5ClFI2N3O2/c15-9-3-6(16)4-19-14(9)21-5-8(12(18)23)11(22)7-1-2-10(17)20-13(7)21/h1-5H. The Morgan fingerprint density at radius 3 is 2.74 bits per heavy atom. The van der Waals surface area contributed by atoms with Crippen molar-refractivity contribution >= 4 is 71.6 Å². The molecule has 3 rings (SSSR count). The van der Waals surface area contributed by atoms with Gasteiger partial charge in [0.2, 0.25) is 9.22 Å². The van der Waals surface area contributed by atoms with E-state index in [1.54, 1.807) is 12.1 Å². The van der Waals surface area contributed by atoms with Gasteiger partial charge in [0.1, 0.15) is 9.52 Å². The molecule has 3 heterocycles. The summed E-state index contributed by atoms with van der Waals surface area (Å²) in [7, 11) is 0. The molecule has 0 unspecified atom stereocenters. The fourth-order valence-electron chi connectivity index (χ4n) is 2.07. The number of halogens is 4. The molecule has 5 nitrogen and oxygen atoms in total. The molecule has 0 amide bonds. The minimum absolute atomic E-state index is 0.0247. The number of carbonyl (C=O) groups excluding carboxylic acids is 1. The van der Waals surface area contributed by atoms with Gasteiger partial charge in [0.05, 0.1) is 22.2 Å². The molecule has 0 N–H and O–H groups in total. The minimum Gasteiger partial charge on any atom is -0.288 e. The quantitative estimate of drug-likeness (QED) is 0.275. The van der Waals surface area contributed by atoms with Gasteiger partial charge in [-0.1, -0.05) is 11.6 Å². The van der Waals surface area contributed by atoms with Crippen LogP contribution in [0.25, 0.3) is 16.9 Å². The van der Waals surface area contributed by atoms with Gasteiger partial charge in [-0.05, 0) is 40.8 Å². The Morgan fingerprint density at radius 1 is 1.35 bits per heavy atom. The van der Waals surface area contributed by atoms with E-state index >= 15 is 0 Å². The van der Waals surface area contributed by atoms with Crippen molar-refractivity contribution < 1.29 is 9.18 Å². The van der Waals surface area contributed by atoms with Gasteiger partial charge in [-0.2, -0.15) is 0 Å². The predicted molar refractivity (Wildman–Crippen MR) is 101 cm³/mol. The van der Waals surface area contributed by atoms with Crippen LogP contribution in [0.4, 0.5) is 4.39 Å². The molecule has 0 bridgehead atoms. The second-order valence-electron chi connectivity index (χ2n) is 4.48. The number of pyridine rings is 3. The highest BCUT2D eigenvalue weighted by atomic mass is 127. The second-order valence-corrected chi connectivity index (χ2v) is 6.97. The summed E-state index contributed by atoms with van der Waals surface area (Å²) < 4.78 is 14.9. The van der Waals surface area contributed by atoms with E-state index in [4.69, 9.17) is 11.6 Å². The molecule has 3 aromatic heterocycles. The molecule has 0 saturated carbocycles. The molecule has 0 atom stereocenters. The molecular formula is C14H5ClFI2N3O2. The lowest BCUT2D eigenvalue weighted by molar-refractivity contribution is 0.110. The van der Waals surface area contributed by atoms with Gasteiger partial charge in [0.25, 0.3) is 0 Å². The summed E-state index contributed by atoms with van der Waals surface area (Å²) in [5.74, 6) is -0.400. The number of carbonyl (C=O) groups is 1. The Kier molecular flexibility index (Phi) is 4.65. The van der Waals surface area contributed by atoms with Crippen LogP contribution >= 0.6 is 56.8 Å². The lowest BCUT2D eigenvalue weighted by atomic mass is 10.2. The van der Waals surface area contributed by atoms with Crippen molar-refractivity contribution in [2.24, 2.45) is 0 Å². The van der Waals surface area contributed by atoms with Crippen molar-refractivity contribution in [2.75, 3.05) is 0 Å². The molecule has 0 aliphatic heterocycles. The van der Waals surface area contributed by atoms with Crippen molar-refractivity contribution in [2.45, 2.75) is 0 Å². The molecule has 0 fully saturated rings. The van der Waals surface area contributed by atoms with E-state index in [0.29, 0.717) is 9.35 Å². The Bertz CT molecular complexity index is 1020. The second kappa shape index (κ2) is 6.40. The lowest BCUT2D eigenvalue weighted by Crippen LogP contribution is -2.17. The molecular weight excluding hydrogens is 550 g/mol. The average Bonchev–Trinajstić information content (AvgIpc) is 2.48. The summed E-state index contributed by atoms with van der Waals surface area (Å²) >= 11 is 9.60. The maximum absolute atomic E-state index is 13.2. The summed E-state index contributed by atoms with van der Waals surface area (Å²) in [4.78, 5) is 32.4. The largest absolute Gasteiger partial charge is 0.288 e. The highest BCUT2D eigenvalue weighted by Gasteiger charge is 2.17. The van der Waals surface area contributed by atoms with Crippen LogP contribution in [-0.2, 0) is 0 Å². The Morgan fingerprint density at radius 2 is 2.09 bits per heavy atom. The van der Waals surface area contributed by atoms with Crippen LogP contribution in [0.2, 0.25) is 5.02 Å². The third-order valence-electron chi connectivity index (χ3n) is 3.05. The van der Waals surface area contributed by atoms with E-state index in [0.717, 1.165) is 12.3 Å². The number of rotatable bonds is 2. The van der Waals surface area contributed by atoms with Crippen LogP contribution in [0.15, 0.2) is 35.4 Å². The Hall–Kier alpha value is -1.14. The van der Waals surface area contributed by atoms with Crippen LogP contribution in [0.5, 0.6) is 0 Å². The molecule has 0 radical (unpaired) electrons. The molecule has 0 saturated heterocycles. The summed E-state index contributed by atoms with van der Waals surface area (Å²) in [6.07, 6.45) is 2.33. The lowest BCUT2D eigenvalue weighted by Gasteiger charge is -2.12. The first-order valence-electron chi connectivity index (χ1n) is 6.11. The zero-order valence-corrected chi connectivity index (χ0v) is 16.1. The van der Waals surface area contributed by atoms with Gasteiger partial charge in [-0.3, -0.25) is 14.2 Å². The molecule has 0 aromatic carbocycles. The highest BCUT2D eigenvalue weighted by molar-refractivity contribution is 14.1. The molecule has 0 aliphatic rings. The topological polar surface area (TPSA) is 64.8 Å². The molecule has 23 heavy (non-hydrogen) atoms. The number of nitrogens with zero attached hydrogens (tertiary/aromatic N) is 3. The van der Waals surface area contributed by atoms with Crippen molar-refractivity contribution in [3.8, 4) is 5.82 Å². The van der Waals surface area contributed by atoms with Gasteiger partial charge >= 0.3 is 0 Å². The van der Waals surface area contributed by atoms with E-state index in [-0.39, 0.29) is 21.8 Å². The number of fused-ring (bicyclic) bond motifs is 1. The maximum atomic E-state index is 13.2. The predicted octanol–water partition coefficient (Wildman–Crippen LogP) is 3.75. The highest BCUT2D eigenvalue weighted by Crippen LogP contribution is 2.23. The third kappa shape index (κ3) is 3.11. The minimum atomic E-state index is -0.586.